The molecule has 14 rings (SSSR count). The minimum absolute atomic E-state index is 0.0529. The Bertz CT molecular complexity index is 4050. The zero-order chi connectivity index (χ0) is 49.3. The molecular weight excluding hydrogens is 895 g/mol. The number of rotatable bonds is 9. The minimum Gasteiger partial charge on any atom is -0.310 e. The van der Waals surface area contributed by atoms with Gasteiger partial charge in [-0.2, -0.15) is 0 Å². The van der Waals surface area contributed by atoms with E-state index in [1.165, 1.54) is 88.6 Å². The van der Waals surface area contributed by atoms with E-state index < -0.39 is 0 Å². The Hall–Kier alpha value is -9.44. The van der Waals surface area contributed by atoms with Crippen molar-refractivity contribution in [3.05, 3.63) is 284 Å². The molecule has 74 heavy (non-hydrogen) atoms. The molecule has 3 heteroatoms. The maximum atomic E-state index is 2.48. The van der Waals surface area contributed by atoms with Gasteiger partial charge in [0.25, 0.3) is 0 Å². The Labute approximate surface area is 433 Å². The van der Waals surface area contributed by atoms with Crippen molar-refractivity contribution in [1.82, 2.24) is 0 Å². The summed E-state index contributed by atoms with van der Waals surface area (Å²) in [4.78, 5) is 7.20. The fourth-order valence-electron chi connectivity index (χ4n) is 12.1. The van der Waals surface area contributed by atoms with Gasteiger partial charge in [-0.25, -0.2) is 0 Å². The second kappa shape index (κ2) is 17.4. The summed E-state index contributed by atoms with van der Waals surface area (Å²) in [6.07, 6.45) is 0. The van der Waals surface area contributed by atoms with Crippen molar-refractivity contribution in [2.45, 2.75) is 19.3 Å². The third-order valence-corrected chi connectivity index (χ3v) is 15.5. The van der Waals surface area contributed by atoms with E-state index in [-0.39, 0.29) is 5.41 Å². The van der Waals surface area contributed by atoms with Crippen LogP contribution in [0.5, 0.6) is 0 Å². The molecule has 0 amide bonds. The highest BCUT2D eigenvalue weighted by atomic mass is 15.2. The van der Waals surface area contributed by atoms with E-state index in [0.29, 0.717) is 0 Å². The summed E-state index contributed by atoms with van der Waals surface area (Å²) in [5.74, 6) is 0. The Balaban J connectivity index is 0.881. The number of hydrogen-bond donors (Lipinski definition) is 0. The zero-order valence-corrected chi connectivity index (χ0v) is 41.3. The molecule has 0 atom stereocenters. The average Bonchev–Trinajstić information content (AvgIpc) is 3.69. The molecule has 0 unspecified atom stereocenters. The predicted molar refractivity (Wildman–Crippen MR) is 313 cm³/mol. The molecule has 0 bridgehead atoms. The largest absolute Gasteiger partial charge is 0.310 e. The van der Waals surface area contributed by atoms with Gasteiger partial charge in [-0.15, -0.1) is 0 Å². The summed E-state index contributed by atoms with van der Waals surface area (Å²) in [6, 6.07) is 100. The van der Waals surface area contributed by atoms with E-state index in [0.717, 1.165) is 39.8 Å². The van der Waals surface area contributed by atoms with E-state index in [1.807, 2.05) is 0 Å². The highest BCUT2D eigenvalue weighted by molar-refractivity contribution is 6.19. The van der Waals surface area contributed by atoms with Gasteiger partial charge in [0.1, 0.15) is 0 Å². The SMILES string of the molecule is CC1(C)c2ccccc2-c2cc(N(c3ccccc3)c3ccc(-c4ccc5c6c(cccc46)-c4cc6cccc(-c7cccc(N(c8ccccc8)c8ccccc8)c7)c6cc4N5c4ccccc4)cc3)ccc21. The van der Waals surface area contributed by atoms with Gasteiger partial charge in [0.2, 0.25) is 0 Å². The van der Waals surface area contributed by atoms with Gasteiger partial charge in [0.05, 0.1) is 11.4 Å². The maximum absolute atomic E-state index is 2.48. The second-order valence-corrected chi connectivity index (χ2v) is 20.1. The first-order valence-electron chi connectivity index (χ1n) is 25.7. The molecule has 3 nitrogen and oxygen atoms in total. The Morgan fingerprint density at radius 2 is 0.824 bits per heavy atom. The first-order chi connectivity index (χ1) is 36.5. The van der Waals surface area contributed by atoms with Gasteiger partial charge in [-0.1, -0.05) is 184 Å². The molecule has 0 spiro atoms. The molecule has 0 N–H and O–H groups in total. The monoisotopic (exact) mass is 945 g/mol. The van der Waals surface area contributed by atoms with Gasteiger partial charge in [-0.3, -0.25) is 0 Å². The van der Waals surface area contributed by atoms with E-state index in [1.54, 1.807) is 0 Å². The Morgan fingerprint density at radius 3 is 1.53 bits per heavy atom. The Kier molecular flexibility index (Phi) is 10.2. The van der Waals surface area contributed by atoms with Gasteiger partial charge in [0, 0.05) is 56.2 Å². The van der Waals surface area contributed by atoms with Crippen molar-refractivity contribution in [2.24, 2.45) is 0 Å². The highest BCUT2D eigenvalue weighted by Gasteiger charge is 2.36. The van der Waals surface area contributed by atoms with Crippen LogP contribution in [0, 0.1) is 0 Å². The highest BCUT2D eigenvalue weighted by Crippen LogP contribution is 2.55. The molecule has 1 aliphatic carbocycles. The quantitative estimate of drug-likeness (QED) is 0.143. The average molecular weight is 946 g/mol. The number of benzene rings is 12. The van der Waals surface area contributed by atoms with E-state index >= 15 is 0 Å². The van der Waals surface area contributed by atoms with Crippen LogP contribution in [0.2, 0.25) is 0 Å². The number of fused-ring (bicyclic) bond motifs is 6. The van der Waals surface area contributed by atoms with Gasteiger partial charge >= 0.3 is 0 Å². The molecule has 12 aromatic carbocycles. The van der Waals surface area contributed by atoms with Crippen molar-refractivity contribution in [3.8, 4) is 44.5 Å². The lowest BCUT2D eigenvalue weighted by molar-refractivity contribution is 0.660. The lowest BCUT2D eigenvalue weighted by Crippen LogP contribution is -2.15. The molecule has 0 saturated carbocycles. The third kappa shape index (κ3) is 7.04. The van der Waals surface area contributed by atoms with Crippen LogP contribution in [-0.2, 0) is 5.41 Å². The van der Waals surface area contributed by atoms with E-state index in [2.05, 4.69) is 302 Å². The smallest absolute Gasteiger partial charge is 0.0547 e. The van der Waals surface area contributed by atoms with Crippen LogP contribution >= 0.6 is 0 Å². The normalized spacial score (nSPS) is 12.8. The molecular formula is C71H51N3. The van der Waals surface area contributed by atoms with Crippen molar-refractivity contribution < 1.29 is 0 Å². The number of hydrogen-bond acceptors (Lipinski definition) is 3. The van der Waals surface area contributed by atoms with Crippen molar-refractivity contribution in [2.75, 3.05) is 14.7 Å². The van der Waals surface area contributed by atoms with Crippen LogP contribution in [0.4, 0.5) is 51.2 Å². The molecule has 1 heterocycles. The van der Waals surface area contributed by atoms with Gasteiger partial charge in [0.15, 0.2) is 0 Å². The van der Waals surface area contributed by atoms with E-state index in [4.69, 9.17) is 0 Å². The van der Waals surface area contributed by atoms with Crippen molar-refractivity contribution in [1.29, 1.82) is 0 Å². The summed E-state index contributed by atoms with van der Waals surface area (Å²) in [6.45, 7) is 4.69. The lowest BCUT2D eigenvalue weighted by atomic mass is 9.82. The summed E-state index contributed by atoms with van der Waals surface area (Å²) in [5.41, 5.74) is 22.7. The topological polar surface area (TPSA) is 9.72 Å². The van der Waals surface area contributed by atoms with Crippen LogP contribution in [0.1, 0.15) is 25.0 Å². The summed E-state index contributed by atoms with van der Waals surface area (Å²) < 4.78 is 0. The first-order valence-corrected chi connectivity index (χ1v) is 25.7. The first kappa shape index (κ1) is 43.4. The molecule has 2 aliphatic rings. The van der Waals surface area contributed by atoms with Crippen molar-refractivity contribution in [3.63, 3.8) is 0 Å². The summed E-state index contributed by atoms with van der Waals surface area (Å²) in [7, 11) is 0. The number of nitrogens with zero attached hydrogens (tertiary/aromatic N) is 3. The van der Waals surface area contributed by atoms with Crippen LogP contribution < -0.4 is 14.7 Å². The fraction of sp³-hybridized carbons (Fsp3) is 0.0423. The van der Waals surface area contributed by atoms with Crippen LogP contribution in [0.3, 0.4) is 0 Å². The third-order valence-electron chi connectivity index (χ3n) is 15.5. The Morgan fingerprint density at radius 1 is 0.297 bits per heavy atom. The summed E-state index contributed by atoms with van der Waals surface area (Å²) >= 11 is 0. The molecule has 0 fully saturated rings. The minimum atomic E-state index is -0.0529. The van der Waals surface area contributed by atoms with Crippen LogP contribution in [-0.4, -0.2) is 0 Å². The number of para-hydroxylation sites is 4. The van der Waals surface area contributed by atoms with Gasteiger partial charge in [-0.05, 0) is 169 Å². The van der Waals surface area contributed by atoms with E-state index in [9.17, 15) is 0 Å². The zero-order valence-electron chi connectivity index (χ0n) is 41.3. The van der Waals surface area contributed by atoms with Crippen LogP contribution in [0.15, 0.2) is 273 Å². The fourth-order valence-corrected chi connectivity index (χ4v) is 12.1. The lowest BCUT2D eigenvalue weighted by Gasteiger charge is -2.34. The molecule has 12 aromatic rings. The van der Waals surface area contributed by atoms with Crippen molar-refractivity contribution >= 4 is 72.7 Å². The standard InChI is InChI=1S/C71H51N3/c1-71(2)66-35-16-15-31-60(66)64-46-57(40-42-67(64)71)73(53-26-11-5-12-27-53)55-38-36-48(37-39-55)59-41-43-68-70-61(59)33-19-34-62(70)65-45-50-21-18-32-58(63(50)47-69(65)74(68)54-28-13-6-14-29-54)49-20-17-30-56(44-49)72(51-22-7-3-8-23-51)52-24-9-4-10-25-52/h3-47H,1-2H3. The molecule has 0 radical (unpaired) electrons. The molecule has 1 aliphatic heterocycles. The molecule has 350 valence electrons. The molecule has 0 aromatic heterocycles. The van der Waals surface area contributed by atoms with Crippen LogP contribution in [0.25, 0.3) is 66.1 Å². The predicted octanol–water partition coefficient (Wildman–Crippen LogP) is 20.0. The number of anilines is 9. The van der Waals surface area contributed by atoms with Gasteiger partial charge < -0.3 is 14.7 Å². The maximum Gasteiger partial charge on any atom is 0.0547 e. The summed E-state index contributed by atoms with van der Waals surface area (Å²) in [5, 5.41) is 4.89. The second-order valence-electron chi connectivity index (χ2n) is 20.1. The molecule has 0 saturated heterocycles.